The number of aromatic nitrogens is 2. The lowest BCUT2D eigenvalue weighted by Crippen LogP contribution is -2.22. The molecule has 0 amide bonds. The molecule has 28 heavy (non-hydrogen) atoms. The van der Waals surface area contributed by atoms with Gasteiger partial charge >= 0.3 is 0 Å². The second-order valence-electron chi connectivity index (χ2n) is 7.04. The van der Waals surface area contributed by atoms with E-state index >= 15 is 0 Å². The Labute approximate surface area is 168 Å². The first-order valence-corrected chi connectivity index (χ1v) is 10.3. The van der Waals surface area contributed by atoms with E-state index in [1.165, 1.54) is 27.8 Å². The molecular formula is C23H21N3OS. The van der Waals surface area contributed by atoms with Crippen molar-refractivity contribution in [2.75, 3.05) is 18.6 Å². The van der Waals surface area contributed by atoms with Crippen LogP contribution in [0.5, 0.6) is 5.75 Å². The maximum atomic E-state index is 5.42. The van der Waals surface area contributed by atoms with E-state index in [1.54, 1.807) is 18.4 Å². The van der Waals surface area contributed by atoms with Gasteiger partial charge in [-0.25, -0.2) is 4.98 Å². The van der Waals surface area contributed by atoms with E-state index in [2.05, 4.69) is 46.3 Å². The summed E-state index contributed by atoms with van der Waals surface area (Å²) in [4.78, 5) is 11.5. The number of pyridine rings is 1. The van der Waals surface area contributed by atoms with Crippen LogP contribution in [0.25, 0.3) is 21.3 Å². The van der Waals surface area contributed by atoms with Crippen LogP contribution in [0.15, 0.2) is 67.0 Å². The third kappa shape index (κ3) is 3.12. The van der Waals surface area contributed by atoms with Crippen molar-refractivity contribution in [3.8, 4) is 16.9 Å². The van der Waals surface area contributed by atoms with Crippen LogP contribution in [0, 0.1) is 0 Å². The minimum atomic E-state index is 0.357. The molecule has 0 aliphatic carbocycles. The lowest BCUT2D eigenvalue weighted by Gasteiger charge is -2.24. The molecule has 140 valence electrons. The predicted octanol–water partition coefficient (Wildman–Crippen LogP) is 5.71. The normalized spacial score (nSPS) is 16.6. The zero-order valence-electron chi connectivity index (χ0n) is 15.7. The summed E-state index contributed by atoms with van der Waals surface area (Å²) in [5, 5.41) is 1.10. The van der Waals surface area contributed by atoms with E-state index in [1.807, 2.05) is 30.6 Å². The summed E-state index contributed by atoms with van der Waals surface area (Å²) in [6.45, 7) is 1.04. The van der Waals surface area contributed by atoms with Gasteiger partial charge in [-0.15, -0.1) is 0 Å². The van der Waals surface area contributed by atoms with Crippen LogP contribution in [0.2, 0.25) is 0 Å². The van der Waals surface area contributed by atoms with Crippen LogP contribution in [-0.2, 0) is 0 Å². The van der Waals surface area contributed by atoms with E-state index in [-0.39, 0.29) is 0 Å². The van der Waals surface area contributed by atoms with Crippen molar-refractivity contribution >= 4 is 26.7 Å². The Hall–Kier alpha value is -2.92. The molecule has 1 saturated heterocycles. The minimum Gasteiger partial charge on any atom is -0.497 e. The minimum absolute atomic E-state index is 0.357. The molecule has 1 unspecified atom stereocenters. The van der Waals surface area contributed by atoms with E-state index in [4.69, 9.17) is 9.72 Å². The first-order chi connectivity index (χ1) is 13.8. The van der Waals surface area contributed by atoms with Gasteiger partial charge in [0, 0.05) is 18.9 Å². The van der Waals surface area contributed by atoms with Crippen molar-refractivity contribution in [2.45, 2.75) is 18.9 Å². The van der Waals surface area contributed by atoms with Gasteiger partial charge in [-0.3, -0.25) is 4.98 Å². The predicted molar refractivity (Wildman–Crippen MR) is 115 cm³/mol. The van der Waals surface area contributed by atoms with Crippen LogP contribution >= 0.6 is 11.3 Å². The third-order valence-corrected chi connectivity index (χ3v) is 6.42. The molecule has 2 aromatic carbocycles. The van der Waals surface area contributed by atoms with Crippen LogP contribution in [0.4, 0.5) is 5.13 Å². The molecule has 1 aliphatic heterocycles. The van der Waals surface area contributed by atoms with Crippen molar-refractivity contribution in [3.63, 3.8) is 0 Å². The Balaban J connectivity index is 1.49. The number of thiazole rings is 1. The fourth-order valence-corrected chi connectivity index (χ4v) is 5.03. The number of ether oxygens (including phenoxy) is 1. The van der Waals surface area contributed by atoms with Crippen molar-refractivity contribution in [1.29, 1.82) is 0 Å². The fraction of sp³-hybridized carbons (Fsp3) is 0.217. The summed E-state index contributed by atoms with van der Waals surface area (Å²) in [5.41, 5.74) is 4.75. The highest BCUT2D eigenvalue weighted by atomic mass is 32.1. The van der Waals surface area contributed by atoms with E-state index < -0.39 is 0 Å². The van der Waals surface area contributed by atoms with Crippen LogP contribution in [-0.4, -0.2) is 23.6 Å². The lowest BCUT2D eigenvalue weighted by molar-refractivity contribution is 0.414. The summed E-state index contributed by atoms with van der Waals surface area (Å²) < 4.78 is 6.65. The molecule has 4 nitrogen and oxygen atoms in total. The summed E-state index contributed by atoms with van der Waals surface area (Å²) in [5.74, 6) is 0.913. The summed E-state index contributed by atoms with van der Waals surface area (Å²) >= 11 is 1.78. The topological polar surface area (TPSA) is 38.2 Å². The van der Waals surface area contributed by atoms with Crippen molar-refractivity contribution in [2.24, 2.45) is 0 Å². The maximum Gasteiger partial charge on any atom is 0.186 e. The molecule has 2 aromatic heterocycles. The summed E-state index contributed by atoms with van der Waals surface area (Å²) in [6, 6.07) is 19.4. The van der Waals surface area contributed by atoms with Gasteiger partial charge in [0.15, 0.2) is 5.13 Å². The number of fused-ring (bicyclic) bond motifs is 1. The molecule has 5 heteroatoms. The highest BCUT2D eigenvalue weighted by Crippen LogP contribution is 2.41. The van der Waals surface area contributed by atoms with Gasteiger partial charge in [0.25, 0.3) is 0 Å². The Morgan fingerprint density at radius 2 is 1.93 bits per heavy atom. The standard InChI is InChI=1S/C23H21N3OS/c1-27-19-5-2-4-18(14-19)21-6-3-13-26(21)23-25-20-8-7-17(15-22(20)28-23)16-9-11-24-12-10-16/h2,4-5,7-12,14-15,21H,3,6,13H2,1H3. The number of methoxy groups -OCH3 is 1. The van der Waals surface area contributed by atoms with Crippen LogP contribution in [0.1, 0.15) is 24.4 Å². The molecule has 0 spiro atoms. The molecule has 0 radical (unpaired) electrons. The Morgan fingerprint density at radius 1 is 1.04 bits per heavy atom. The molecular weight excluding hydrogens is 366 g/mol. The summed E-state index contributed by atoms with van der Waals surface area (Å²) in [6.07, 6.45) is 5.99. The third-order valence-electron chi connectivity index (χ3n) is 5.37. The molecule has 3 heterocycles. The smallest absolute Gasteiger partial charge is 0.186 e. The van der Waals surface area contributed by atoms with Crippen molar-refractivity contribution in [1.82, 2.24) is 9.97 Å². The first-order valence-electron chi connectivity index (χ1n) is 9.53. The van der Waals surface area contributed by atoms with Gasteiger partial charge in [-0.05, 0) is 65.9 Å². The zero-order chi connectivity index (χ0) is 18.9. The average molecular weight is 388 g/mol. The van der Waals surface area contributed by atoms with E-state index in [9.17, 15) is 0 Å². The molecule has 1 aliphatic rings. The molecule has 5 rings (SSSR count). The fourth-order valence-electron chi connectivity index (χ4n) is 3.95. The van der Waals surface area contributed by atoms with Gasteiger partial charge in [0.05, 0.1) is 23.4 Å². The molecule has 0 bridgehead atoms. The van der Waals surface area contributed by atoms with Gasteiger partial charge in [0.2, 0.25) is 0 Å². The number of hydrogen-bond acceptors (Lipinski definition) is 5. The highest BCUT2D eigenvalue weighted by molar-refractivity contribution is 7.22. The second-order valence-corrected chi connectivity index (χ2v) is 8.05. The first kappa shape index (κ1) is 17.2. The largest absolute Gasteiger partial charge is 0.497 e. The molecule has 4 aromatic rings. The van der Waals surface area contributed by atoms with Crippen molar-refractivity contribution < 1.29 is 4.74 Å². The number of nitrogens with zero attached hydrogens (tertiary/aromatic N) is 3. The Kier molecular flexibility index (Phi) is 4.45. The van der Waals surface area contributed by atoms with Gasteiger partial charge in [-0.2, -0.15) is 0 Å². The average Bonchev–Trinajstić information content (AvgIpc) is 3.40. The Bertz CT molecular complexity index is 1110. The van der Waals surface area contributed by atoms with Gasteiger partial charge in [0.1, 0.15) is 5.75 Å². The highest BCUT2D eigenvalue weighted by Gasteiger charge is 2.28. The second kappa shape index (κ2) is 7.24. The molecule has 0 N–H and O–H groups in total. The molecule has 0 saturated carbocycles. The maximum absolute atomic E-state index is 5.42. The quantitative estimate of drug-likeness (QED) is 0.450. The van der Waals surface area contributed by atoms with E-state index in [0.29, 0.717) is 6.04 Å². The lowest BCUT2D eigenvalue weighted by atomic mass is 10.0. The Morgan fingerprint density at radius 3 is 2.79 bits per heavy atom. The summed E-state index contributed by atoms with van der Waals surface area (Å²) in [7, 11) is 1.72. The number of benzene rings is 2. The molecule has 1 atom stereocenters. The van der Waals surface area contributed by atoms with Gasteiger partial charge in [-0.1, -0.05) is 29.5 Å². The monoisotopic (exact) mass is 387 g/mol. The number of anilines is 1. The van der Waals surface area contributed by atoms with E-state index in [0.717, 1.165) is 29.4 Å². The van der Waals surface area contributed by atoms with Crippen LogP contribution in [0.3, 0.4) is 0 Å². The number of hydrogen-bond donors (Lipinski definition) is 0. The molecule has 1 fully saturated rings. The number of rotatable bonds is 4. The van der Waals surface area contributed by atoms with Crippen LogP contribution < -0.4 is 9.64 Å². The zero-order valence-corrected chi connectivity index (χ0v) is 16.5. The SMILES string of the molecule is COc1cccc(C2CCCN2c2nc3ccc(-c4ccncc4)cc3s2)c1. The van der Waals surface area contributed by atoms with Gasteiger partial charge < -0.3 is 9.64 Å². The van der Waals surface area contributed by atoms with Crippen molar-refractivity contribution in [3.05, 3.63) is 72.6 Å².